The molecule has 138 valence electrons. The van der Waals surface area contributed by atoms with Crippen LogP contribution in [-0.2, 0) is 17.9 Å². The number of hydrogen-bond donors (Lipinski definition) is 1. The van der Waals surface area contributed by atoms with Gasteiger partial charge in [0.25, 0.3) is 0 Å². The molecule has 1 saturated carbocycles. The number of amides is 1. The number of nitrogens with one attached hydrogen (secondary N) is 1. The van der Waals surface area contributed by atoms with Crippen LogP contribution in [0.15, 0.2) is 36.0 Å². The Morgan fingerprint density at radius 3 is 2.88 bits per heavy atom. The van der Waals surface area contributed by atoms with Gasteiger partial charge in [-0.3, -0.25) is 9.36 Å². The number of thioether (sulfide) groups is 1. The van der Waals surface area contributed by atoms with Crippen molar-refractivity contribution in [3.05, 3.63) is 47.8 Å². The maximum absolute atomic E-state index is 11.9. The minimum absolute atomic E-state index is 0.0404. The molecule has 2 aromatic rings. The summed E-state index contributed by atoms with van der Waals surface area (Å²) in [5.41, 5.74) is 2.42. The summed E-state index contributed by atoms with van der Waals surface area (Å²) in [6.45, 7) is 8.82. The first kappa shape index (κ1) is 18.5. The van der Waals surface area contributed by atoms with Crippen molar-refractivity contribution in [1.82, 2.24) is 20.1 Å². The fraction of sp³-hybridized carbons (Fsp3) is 0.421. The van der Waals surface area contributed by atoms with Gasteiger partial charge in [0.2, 0.25) is 5.91 Å². The molecule has 3 rings (SSSR count). The molecule has 1 aromatic carbocycles. The van der Waals surface area contributed by atoms with Crippen LogP contribution in [0, 0.1) is 13.8 Å². The third kappa shape index (κ3) is 4.88. The van der Waals surface area contributed by atoms with E-state index in [1.54, 1.807) is 6.08 Å². The summed E-state index contributed by atoms with van der Waals surface area (Å²) in [6, 6.07) is 6.38. The van der Waals surface area contributed by atoms with E-state index in [9.17, 15) is 4.79 Å². The van der Waals surface area contributed by atoms with Crippen LogP contribution in [0.3, 0.4) is 0 Å². The number of allylic oxidation sites excluding steroid dienone is 1. The molecule has 0 aliphatic heterocycles. The number of carbonyl (C=O) groups is 1. The molecule has 1 fully saturated rings. The van der Waals surface area contributed by atoms with Crippen LogP contribution in [0.1, 0.15) is 29.8 Å². The lowest BCUT2D eigenvalue weighted by molar-refractivity contribution is -0.118. The first-order valence-electron chi connectivity index (χ1n) is 8.72. The summed E-state index contributed by atoms with van der Waals surface area (Å²) in [6.07, 6.45) is 3.96. The Labute approximate surface area is 158 Å². The molecule has 1 N–H and O–H groups in total. The second kappa shape index (κ2) is 8.40. The predicted octanol–water partition coefficient (Wildman–Crippen LogP) is 3.03. The largest absolute Gasteiger partial charge is 0.486 e. The monoisotopic (exact) mass is 372 g/mol. The van der Waals surface area contributed by atoms with Gasteiger partial charge in [-0.05, 0) is 49.9 Å². The number of carbonyl (C=O) groups excluding carboxylic acids is 1. The Morgan fingerprint density at radius 2 is 2.19 bits per heavy atom. The zero-order chi connectivity index (χ0) is 18.5. The van der Waals surface area contributed by atoms with E-state index in [1.807, 2.05) is 22.8 Å². The van der Waals surface area contributed by atoms with Crippen molar-refractivity contribution in [3.63, 3.8) is 0 Å². The van der Waals surface area contributed by atoms with Crippen LogP contribution in [0.25, 0.3) is 0 Å². The first-order chi connectivity index (χ1) is 12.6. The zero-order valence-electron chi connectivity index (χ0n) is 15.2. The summed E-state index contributed by atoms with van der Waals surface area (Å²) in [4.78, 5) is 11.9. The molecule has 0 saturated heterocycles. The quantitative estimate of drug-likeness (QED) is 0.541. The molecule has 1 amide bonds. The Hall–Kier alpha value is -2.28. The lowest BCUT2D eigenvalue weighted by atomic mass is 10.1. The van der Waals surface area contributed by atoms with Gasteiger partial charge in [0.15, 0.2) is 11.0 Å². The van der Waals surface area contributed by atoms with Crippen LogP contribution >= 0.6 is 11.8 Å². The lowest BCUT2D eigenvalue weighted by Crippen LogP contribution is -2.27. The van der Waals surface area contributed by atoms with E-state index in [1.165, 1.54) is 22.9 Å². The Balaban J connectivity index is 1.62. The van der Waals surface area contributed by atoms with Gasteiger partial charge >= 0.3 is 0 Å². The molecule has 1 aliphatic carbocycles. The predicted molar refractivity (Wildman–Crippen MR) is 102 cm³/mol. The van der Waals surface area contributed by atoms with E-state index in [2.05, 4.69) is 35.9 Å². The van der Waals surface area contributed by atoms with Crippen molar-refractivity contribution in [2.24, 2.45) is 0 Å². The molecule has 0 unspecified atom stereocenters. The average molecular weight is 372 g/mol. The van der Waals surface area contributed by atoms with Crippen molar-refractivity contribution in [2.75, 3.05) is 5.75 Å². The molecular formula is C19H24N4O2S. The SMILES string of the molecule is C=CCn1c(COc2ccc(C)c(C)c2)nnc1SCC(=O)NC1CC1. The highest BCUT2D eigenvalue weighted by Gasteiger charge is 2.23. The van der Waals surface area contributed by atoms with Crippen LogP contribution < -0.4 is 10.1 Å². The molecule has 1 aliphatic rings. The van der Waals surface area contributed by atoms with Crippen molar-refractivity contribution < 1.29 is 9.53 Å². The van der Waals surface area contributed by atoms with Gasteiger partial charge in [-0.2, -0.15) is 0 Å². The van der Waals surface area contributed by atoms with E-state index in [4.69, 9.17) is 4.74 Å². The van der Waals surface area contributed by atoms with Crippen molar-refractivity contribution in [3.8, 4) is 5.75 Å². The first-order valence-corrected chi connectivity index (χ1v) is 9.70. The maximum Gasteiger partial charge on any atom is 0.230 e. The number of rotatable bonds is 9. The van der Waals surface area contributed by atoms with Gasteiger partial charge in [-0.15, -0.1) is 16.8 Å². The molecule has 26 heavy (non-hydrogen) atoms. The van der Waals surface area contributed by atoms with Crippen LogP contribution in [-0.4, -0.2) is 32.5 Å². The number of nitrogens with zero attached hydrogens (tertiary/aromatic N) is 3. The Bertz CT molecular complexity index is 799. The fourth-order valence-corrected chi connectivity index (χ4v) is 3.20. The lowest BCUT2D eigenvalue weighted by Gasteiger charge is -2.10. The van der Waals surface area contributed by atoms with Crippen LogP contribution in [0.4, 0.5) is 0 Å². The van der Waals surface area contributed by atoms with Gasteiger partial charge in [0.1, 0.15) is 12.4 Å². The van der Waals surface area contributed by atoms with Gasteiger partial charge in [0.05, 0.1) is 5.75 Å². The molecular weight excluding hydrogens is 348 g/mol. The molecule has 0 bridgehead atoms. The van der Waals surface area contributed by atoms with Crippen LogP contribution in [0.5, 0.6) is 5.75 Å². The molecule has 0 spiro atoms. The minimum atomic E-state index is 0.0404. The number of benzene rings is 1. The Morgan fingerprint density at radius 1 is 1.38 bits per heavy atom. The summed E-state index contributed by atoms with van der Waals surface area (Å²) in [7, 11) is 0. The number of ether oxygens (including phenoxy) is 1. The van der Waals surface area contributed by atoms with Crippen molar-refractivity contribution in [1.29, 1.82) is 0 Å². The van der Waals surface area contributed by atoms with Gasteiger partial charge in [-0.1, -0.05) is 23.9 Å². The third-order valence-electron chi connectivity index (χ3n) is 4.23. The normalized spacial score (nSPS) is 13.5. The average Bonchev–Trinajstić information content (AvgIpc) is 3.35. The van der Waals surface area contributed by atoms with Crippen LogP contribution in [0.2, 0.25) is 0 Å². The molecule has 0 atom stereocenters. The van der Waals surface area contributed by atoms with E-state index in [-0.39, 0.29) is 5.91 Å². The number of hydrogen-bond acceptors (Lipinski definition) is 5. The standard InChI is InChI=1S/C19H24N4O2S/c1-4-9-23-17(11-25-16-8-5-13(2)14(3)10-16)21-22-19(23)26-12-18(24)20-15-6-7-15/h4-5,8,10,15H,1,6-7,9,11-12H2,2-3H3,(H,20,24). The second-order valence-electron chi connectivity index (χ2n) is 6.46. The van der Waals surface area contributed by atoms with Crippen molar-refractivity contribution >= 4 is 17.7 Å². The zero-order valence-corrected chi connectivity index (χ0v) is 16.0. The van der Waals surface area contributed by atoms with Crippen molar-refractivity contribution in [2.45, 2.75) is 51.0 Å². The highest BCUT2D eigenvalue weighted by molar-refractivity contribution is 7.99. The molecule has 6 nitrogen and oxygen atoms in total. The second-order valence-corrected chi connectivity index (χ2v) is 7.41. The third-order valence-corrected chi connectivity index (χ3v) is 5.19. The van der Waals surface area contributed by atoms with E-state index in [0.29, 0.717) is 35.9 Å². The number of aromatic nitrogens is 3. The van der Waals surface area contributed by atoms with Gasteiger partial charge < -0.3 is 10.1 Å². The van der Waals surface area contributed by atoms with E-state index < -0.39 is 0 Å². The molecule has 7 heteroatoms. The summed E-state index contributed by atoms with van der Waals surface area (Å²) >= 11 is 1.39. The molecule has 0 radical (unpaired) electrons. The Kier molecular flexibility index (Phi) is 5.98. The van der Waals surface area contributed by atoms with E-state index in [0.717, 1.165) is 18.6 Å². The highest BCUT2D eigenvalue weighted by atomic mass is 32.2. The fourth-order valence-electron chi connectivity index (χ4n) is 2.42. The summed E-state index contributed by atoms with van der Waals surface area (Å²) in [5.74, 6) is 1.90. The van der Waals surface area contributed by atoms with Gasteiger partial charge in [0, 0.05) is 12.6 Å². The maximum atomic E-state index is 11.9. The summed E-state index contributed by atoms with van der Waals surface area (Å²) in [5, 5.41) is 12.1. The molecule has 1 aromatic heterocycles. The topological polar surface area (TPSA) is 69.0 Å². The van der Waals surface area contributed by atoms with E-state index >= 15 is 0 Å². The number of aryl methyl sites for hydroxylation is 2. The highest BCUT2D eigenvalue weighted by Crippen LogP contribution is 2.22. The van der Waals surface area contributed by atoms with Gasteiger partial charge in [-0.25, -0.2) is 0 Å². The smallest absolute Gasteiger partial charge is 0.230 e. The molecule has 1 heterocycles. The minimum Gasteiger partial charge on any atom is -0.486 e. The summed E-state index contributed by atoms with van der Waals surface area (Å²) < 4.78 is 7.80.